The number of rotatable bonds is 5. The van der Waals surface area contributed by atoms with Gasteiger partial charge in [0.15, 0.2) is 6.61 Å². The lowest BCUT2D eigenvalue weighted by Crippen LogP contribution is -2.36. The number of esters is 2. The van der Waals surface area contributed by atoms with Gasteiger partial charge in [0.25, 0.3) is 0 Å². The zero-order valence-corrected chi connectivity index (χ0v) is 15.1. The van der Waals surface area contributed by atoms with Crippen LogP contribution >= 0.6 is 11.6 Å². The molecular weight excluding hydrogens is 330 g/mol. The van der Waals surface area contributed by atoms with E-state index >= 15 is 0 Å². The Morgan fingerprint density at radius 1 is 1.38 bits per heavy atom. The second-order valence-corrected chi connectivity index (χ2v) is 7.13. The number of halogens is 1. The normalized spacial score (nSPS) is 23.8. The Morgan fingerprint density at radius 2 is 2.12 bits per heavy atom. The fraction of sp³-hybridized carbons (Fsp3) is 0.611. The fourth-order valence-electron chi connectivity index (χ4n) is 3.19. The van der Waals surface area contributed by atoms with Gasteiger partial charge in [0.05, 0.1) is 5.56 Å². The van der Waals surface area contributed by atoms with Crippen molar-refractivity contribution in [2.24, 2.45) is 17.8 Å². The van der Waals surface area contributed by atoms with Crippen LogP contribution in [0.2, 0.25) is 5.15 Å². The second kappa shape index (κ2) is 8.47. The number of carbonyl (C=O) groups excluding carboxylic acids is 2. The van der Waals surface area contributed by atoms with Crippen LogP contribution in [-0.2, 0) is 14.3 Å². The zero-order chi connectivity index (χ0) is 17.7. The molecule has 0 spiro atoms. The highest BCUT2D eigenvalue weighted by atomic mass is 35.5. The van der Waals surface area contributed by atoms with Crippen LogP contribution in [0.15, 0.2) is 18.3 Å². The molecule has 0 bridgehead atoms. The SMILES string of the molecule is CC1CCC(C(C)C)C(OC(=O)COC(=O)c2cccnc2Cl)C1. The summed E-state index contributed by atoms with van der Waals surface area (Å²) in [5.41, 5.74) is 0.137. The predicted octanol–water partition coefficient (Wildman–Crippen LogP) is 3.90. The molecular formula is C18H24ClNO4. The van der Waals surface area contributed by atoms with Gasteiger partial charge < -0.3 is 9.47 Å². The average Bonchev–Trinajstić information content (AvgIpc) is 2.53. The number of nitrogens with zero attached hydrogens (tertiary/aromatic N) is 1. The first-order valence-corrected chi connectivity index (χ1v) is 8.73. The molecule has 0 saturated heterocycles. The van der Waals surface area contributed by atoms with Crippen molar-refractivity contribution in [3.63, 3.8) is 0 Å². The van der Waals surface area contributed by atoms with E-state index in [1.807, 2.05) is 0 Å². The monoisotopic (exact) mass is 353 g/mol. The Hall–Kier alpha value is -1.62. The van der Waals surface area contributed by atoms with Crippen LogP contribution < -0.4 is 0 Å². The van der Waals surface area contributed by atoms with Crippen molar-refractivity contribution in [3.05, 3.63) is 29.0 Å². The van der Waals surface area contributed by atoms with E-state index in [0.29, 0.717) is 17.8 Å². The van der Waals surface area contributed by atoms with Gasteiger partial charge >= 0.3 is 11.9 Å². The third-order valence-corrected chi connectivity index (χ3v) is 4.85. The molecule has 5 nitrogen and oxygen atoms in total. The minimum atomic E-state index is -0.678. The zero-order valence-electron chi connectivity index (χ0n) is 14.3. The molecule has 1 saturated carbocycles. The Labute approximate surface area is 147 Å². The molecule has 0 N–H and O–H groups in total. The summed E-state index contributed by atoms with van der Waals surface area (Å²) in [5, 5.41) is 0.0526. The third kappa shape index (κ3) is 4.94. The van der Waals surface area contributed by atoms with Gasteiger partial charge in [-0.2, -0.15) is 0 Å². The summed E-state index contributed by atoms with van der Waals surface area (Å²) in [7, 11) is 0. The molecule has 132 valence electrons. The molecule has 1 heterocycles. The quantitative estimate of drug-likeness (QED) is 0.593. The molecule has 1 fully saturated rings. The maximum atomic E-state index is 12.1. The van der Waals surface area contributed by atoms with Gasteiger partial charge in [0, 0.05) is 6.20 Å². The van der Waals surface area contributed by atoms with E-state index in [4.69, 9.17) is 21.1 Å². The van der Waals surface area contributed by atoms with E-state index in [0.717, 1.165) is 19.3 Å². The van der Waals surface area contributed by atoms with Crippen molar-refractivity contribution < 1.29 is 19.1 Å². The van der Waals surface area contributed by atoms with Gasteiger partial charge in [-0.25, -0.2) is 14.6 Å². The lowest BCUT2D eigenvalue weighted by Gasteiger charge is -2.36. The van der Waals surface area contributed by atoms with E-state index in [1.54, 1.807) is 6.07 Å². The number of pyridine rings is 1. The first-order valence-electron chi connectivity index (χ1n) is 8.35. The molecule has 3 unspecified atom stereocenters. The van der Waals surface area contributed by atoms with Crippen LogP contribution in [-0.4, -0.2) is 29.6 Å². The minimum absolute atomic E-state index is 0.0526. The van der Waals surface area contributed by atoms with E-state index in [2.05, 4.69) is 25.8 Å². The summed E-state index contributed by atoms with van der Waals surface area (Å²) in [4.78, 5) is 27.8. The smallest absolute Gasteiger partial charge is 0.344 e. The molecule has 24 heavy (non-hydrogen) atoms. The molecule has 2 rings (SSSR count). The molecule has 6 heteroatoms. The molecule has 0 aliphatic heterocycles. The molecule has 3 atom stereocenters. The molecule has 1 aliphatic carbocycles. The van der Waals surface area contributed by atoms with Crippen molar-refractivity contribution in [1.29, 1.82) is 0 Å². The predicted molar refractivity (Wildman–Crippen MR) is 90.8 cm³/mol. The van der Waals surface area contributed by atoms with Gasteiger partial charge in [-0.3, -0.25) is 0 Å². The van der Waals surface area contributed by atoms with Gasteiger partial charge in [0.1, 0.15) is 11.3 Å². The maximum Gasteiger partial charge on any atom is 0.344 e. The third-order valence-electron chi connectivity index (χ3n) is 4.54. The number of carbonyl (C=O) groups is 2. The van der Waals surface area contributed by atoms with Gasteiger partial charge in [-0.15, -0.1) is 0 Å². The highest BCUT2D eigenvalue weighted by Gasteiger charge is 2.33. The van der Waals surface area contributed by atoms with Gasteiger partial charge in [-0.1, -0.05) is 38.8 Å². The van der Waals surface area contributed by atoms with Crippen LogP contribution in [0.1, 0.15) is 50.4 Å². The molecule has 0 amide bonds. The second-order valence-electron chi connectivity index (χ2n) is 6.77. The number of aromatic nitrogens is 1. The summed E-state index contributed by atoms with van der Waals surface area (Å²) >= 11 is 5.83. The summed E-state index contributed by atoms with van der Waals surface area (Å²) < 4.78 is 10.6. The summed E-state index contributed by atoms with van der Waals surface area (Å²) in [6.07, 6.45) is 4.44. The van der Waals surface area contributed by atoms with E-state index in [-0.39, 0.29) is 16.8 Å². The van der Waals surface area contributed by atoms with Gasteiger partial charge in [-0.05, 0) is 42.7 Å². The Morgan fingerprint density at radius 3 is 2.79 bits per heavy atom. The molecule has 1 aliphatic rings. The Bertz CT molecular complexity index is 590. The first kappa shape index (κ1) is 18.7. The van der Waals surface area contributed by atoms with Crippen molar-refractivity contribution >= 4 is 23.5 Å². The van der Waals surface area contributed by atoms with Crippen molar-refractivity contribution in [1.82, 2.24) is 4.98 Å². The lowest BCUT2D eigenvalue weighted by molar-refractivity contribution is -0.159. The number of ether oxygens (including phenoxy) is 2. The average molecular weight is 354 g/mol. The number of hydrogen-bond acceptors (Lipinski definition) is 5. The van der Waals surface area contributed by atoms with Crippen LogP contribution in [0.3, 0.4) is 0 Å². The van der Waals surface area contributed by atoms with Gasteiger partial charge in [0.2, 0.25) is 0 Å². The van der Waals surface area contributed by atoms with Crippen molar-refractivity contribution in [2.75, 3.05) is 6.61 Å². The topological polar surface area (TPSA) is 65.5 Å². The largest absolute Gasteiger partial charge is 0.460 e. The van der Waals surface area contributed by atoms with Crippen LogP contribution in [0.25, 0.3) is 0 Å². The molecule has 1 aromatic heterocycles. The van der Waals surface area contributed by atoms with Crippen LogP contribution in [0, 0.1) is 17.8 Å². The van der Waals surface area contributed by atoms with E-state index in [1.165, 1.54) is 12.3 Å². The highest BCUT2D eigenvalue weighted by molar-refractivity contribution is 6.32. The Balaban J connectivity index is 1.88. The molecule has 0 radical (unpaired) electrons. The van der Waals surface area contributed by atoms with E-state index < -0.39 is 18.5 Å². The fourth-order valence-corrected chi connectivity index (χ4v) is 3.39. The molecule has 0 aromatic carbocycles. The maximum absolute atomic E-state index is 12.1. The first-order chi connectivity index (χ1) is 11.4. The molecule has 1 aromatic rings. The Kier molecular flexibility index (Phi) is 6.60. The van der Waals surface area contributed by atoms with Crippen molar-refractivity contribution in [3.8, 4) is 0 Å². The number of hydrogen-bond donors (Lipinski definition) is 0. The summed E-state index contributed by atoms with van der Waals surface area (Å²) in [6, 6.07) is 3.08. The summed E-state index contributed by atoms with van der Waals surface area (Å²) in [5.74, 6) is 0.144. The van der Waals surface area contributed by atoms with Crippen LogP contribution in [0.5, 0.6) is 0 Å². The summed E-state index contributed by atoms with van der Waals surface area (Å²) in [6.45, 7) is 6.04. The standard InChI is InChI=1S/C18H24ClNO4/c1-11(2)13-7-6-12(3)9-15(13)24-16(21)10-23-18(22)14-5-4-8-20-17(14)19/h4-5,8,11-13,15H,6-7,9-10H2,1-3H3. The van der Waals surface area contributed by atoms with Crippen LogP contribution in [0.4, 0.5) is 0 Å². The lowest BCUT2D eigenvalue weighted by atomic mass is 9.75. The van der Waals surface area contributed by atoms with Crippen molar-refractivity contribution in [2.45, 2.75) is 46.1 Å². The minimum Gasteiger partial charge on any atom is -0.460 e. The van der Waals surface area contributed by atoms with E-state index in [9.17, 15) is 9.59 Å². The highest BCUT2D eigenvalue weighted by Crippen LogP contribution is 2.35.